The lowest BCUT2D eigenvalue weighted by Gasteiger charge is -2.37. The molecule has 0 unspecified atom stereocenters. The van der Waals surface area contributed by atoms with Crippen LogP contribution in [0.15, 0.2) is 48.4 Å². The van der Waals surface area contributed by atoms with Gasteiger partial charge in [0, 0.05) is 30.0 Å². The summed E-state index contributed by atoms with van der Waals surface area (Å²) in [5.74, 6) is 0.0511. The quantitative estimate of drug-likeness (QED) is 0.601. The summed E-state index contributed by atoms with van der Waals surface area (Å²) in [5, 5.41) is 2.02. The zero-order chi connectivity index (χ0) is 21.1. The SMILES string of the molecule is C=CCN(CC(=O)N1CCc2sccc2[C@H]1COc1cccc(F)c1)C(=O)C1CC1. The van der Waals surface area contributed by atoms with Crippen molar-refractivity contribution in [3.8, 4) is 5.75 Å². The van der Waals surface area contributed by atoms with E-state index in [1.165, 1.54) is 17.0 Å². The summed E-state index contributed by atoms with van der Waals surface area (Å²) in [6.07, 6.45) is 4.23. The van der Waals surface area contributed by atoms with Gasteiger partial charge in [0.05, 0.1) is 6.04 Å². The first-order chi connectivity index (χ1) is 14.6. The van der Waals surface area contributed by atoms with Crippen LogP contribution in [0.1, 0.15) is 29.3 Å². The molecule has 1 aromatic carbocycles. The predicted molar refractivity (Wildman–Crippen MR) is 114 cm³/mol. The first-order valence-corrected chi connectivity index (χ1v) is 11.1. The molecule has 1 atom stereocenters. The maximum absolute atomic E-state index is 13.5. The third kappa shape index (κ3) is 4.56. The van der Waals surface area contributed by atoms with Gasteiger partial charge in [0.2, 0.25) is 11.8 Å². The van der Waals surface area contributed by atoms with E-state index in [9.17, 15) is 14.0 Å². The average molecular weight is 429 g/mol. The van der Waals surface area contributed by atoms with E-state index in [-0.39, 0.29) is 42.7 Å². The summed E-state index contributed by atoms with van der Waals surface area (Å²) in [6, 6.07) is 7.76. The number of amides is 2. The number of carbonyl (C=O) groups excluding carboxylic acids is 2. The molecule has 7 heteroatoms. The smallest absolute Gasteiger partial charge is 0.242 e. The molecule has 4 rings (SSSR count). The normalized spacial score (nSPS) is 17.9. The zero-order valence-electron chi connectivity index (χ0n) is 16.8. The number of rotatable bonds is 8. The minimum atomic E-state index is -0.362. The van der Waals surface area contributed by atoms with Crippen LogP contribution >= 0.6 is 11.3 Å². The van der Waals surface area contributed by atoms with Crippen LogP contribution in [-0.2, 0) is 16.0 Å². The van der Waals surface area contributed by atoms with E-state index in [0.717, 1.165) is 24.8 Å². The number of hydrogen-bond acceptors (Lipinski definition) is 4. The number of thiophene rings is 1. The van der Waals surface area contributed by atoms with Crippen molar-refractivity contribution >= 4 is 23.2 Å². The molecule has 2 aromatic rings. The fourth-order valence-electron chi connectivity index (χ4n) is 3.84. The minimum absolute atomic E-state index is 0.0315. The van der Waals surface area contributed by atoms with Gasteiger partial charge < -0.3 is 14.5 Å². The van der Waals surface area contributed by atoms with Crippen LogP contribution in [-0.4, -0.2) is 47.9 Å². The molecule has 1 aromatic heterocycles. The van der Waals surface area contributed by atoms with E-state index in [4.69, 9.17) is 4.74 Å². The molecule has 5 nitrogen and oxygen atoms in total. The van der Waals surface area contributed by atoms with Gasteiger partial charge in [-0.3, -0.25) is 9.59 Å². The Hall–Kier alpha value is -2.67. The van der Waals surface area contributed by atoms with E-state index in [1.54, 1.807) is 39.3 Å². The highest BCUT2D eigenvalue weighted by atomic mass is 32.1. The third-order valence-electron chi connectivity index (χ3n) is 5.53. The molecular weight excluding hydrogens is 403 g/mol. The molecule has 0 bridgehead atoms. The molecule has 2 heterocycles. The second-order valence-electron chi connectivity index (χ2n) is 7.70. The van der Waals surface area contributed by atoms with E-state index >= 15 is 0 Å². The van der Waals surface area contributed by atoms with Gasteiger partial charge in [-0.25, -0.2) is 4.39 Å². The van der Waals surface area contributed by atoms with Gasteiger partial charge in [0.25, 0.3) is 0 Å². The first kappa shape index (κ1) is 20.6. The van der Waals surface area contributed by atoms with Gasteiger partial charge in [0.15, 0.2) is 0 Å². The van der Waals surface area contributed by atoms with Crippen LogP contribution < -0.4 is 4.74 Å². The lowest BCUT2D eigenvalue weighted by molar-refractivity contribution is -0.142. The van der Waals surface area contributed by atoms with Gasteiger partial charge in [-0.05, 0) is 48.4 Å². The number of halogens is 1. The largest absolute Gasteiger partial charge is 0.491 e. The van der Waals surface area contributed by atoms with Crippen molar-refractivity contribution in [2.24, 2.45) is 5.92 Å². The highest BCUT2D eigenvalue weighted by molar-refractivity contribution is 7.10. The summed E-state index contributed by atoms with van der Waals surface area (Å²) >= 11 is 1.67. The van der Waals surface area contributed by atoms with E-state index < -0.39 is 0 Å². The highest BCUT2D eigenvalue weighted by Gasteiger charge is 2.36. The monoisotopic (exact) mass is 428 g/mol. The Balaban J connectivity index is 1.50. The Morgan fingerprint density at radius 2 is 2.17 bits per heavy atom. The molecule has 1 saturated carbocycles. The van der Waals surface area contributed by atoms with Gasteiger partial charge >= 0.3 is 0 Å². The summed E-state index contributed by atoms with van der Waals surface area (Å²) in [5.41, 5.74) is 1.07. The lowest BCUT2D eigenvalue weighted by atomic mass is 10.0. The van der Waals surface area contributed by atoms with E-state index in [2.05, 4.69) is 6.58 Å². The van der Waals surface area contributed by atoms with E-state index in [1.807, 2.05) is 11.4 Å². The standard InChI is InChI=1S/C23H25FN2O3S/c1-2-10-25(23(28)16-6-7-16)14-22(27)26-11-8-21-19(9-12-30-21)20(26)15-29-18-5-3-4-17(24)13-18/h2-5,9,12-13,16,20H,1,6-8,10-11,14-15H2/t20-/m1/s1. The molecule has 0 radical (unpaired) electrons. The first-order valence-electron chi connectivity index (χ1n) is 10.2. The van der Waals surface area contributed by atoms with Gasteiger partial charge in [0.1, 0.15) is 24.7 Å². The Kier molecular flexibility index (Phi) is 6.18. The molecule has 0 N–H and O–H groups in total. The Morgan fingerprint density at radius 1 is 1.33 bits per heavy atom. The molecule has 1 aliphatic heterocycles. The van der Waals surface area contributed by atoms with Crippen molar-refractivity contribution in [2.75, 3.05) is 26.2 Å². The number of nitrogens with zero attached hydrogens (tertiary/aromatic N) is 2. The maximum atomic E-state index is 13.5. The zero-order valence-corrected chi connectivity index (χ0v) is 17.6. The fraction of sp³-hybridized carbons (Fsp3) is 0.391. The van der Waals surface area contributed by atoms with Crippen LogP contribution in [0.5, 0.6) is 5.75 Å². The third-order valence-corrected chi connectivity index (χ3v) is 6.53. The number of fused-ring (bicyclic) bond motifs is 1. The number of carbonyl (C=O) groups is 2. The number of ether oxygens (including phenoxy) is 1. The second kappa shape index (κ2) is 9.00. The molecule has 0 saturated heterocycles. The Labute approximate surface area is 179 Å². The van der Waals surface area contributed by atoms with Gasteiger partial charge in [-0.15, -0.1) is 17.9 Å². The average Bonchev–Trinajstić information content (AvgIpc) is 3.48. The number of benzene rings is 1. The second-order valence-corrected chi connectivity index (χ2v) is 8.70. The molecule has 1 fully saturated rings. The number of hydrogen-bond donors (Lipinski definition) is 0. The van der Waals surface area contributed by atoms with Crippen LogP contribution in [0.4, 0.5) is 4.39 Å². The topological polar surface area (TPSA) is 49.9 Å². The predicted octanol–water partition coefficient (Wildman–Crippen LogP) is 3.82. The summed E-state index contributed by atoms with van der Waals surface area (Å²) in [7, 11) is 0. The van der Waals surface area contributed by atoms with Crippen molar-refractivity contribution < 1.29 is 18.7 Å². The van der Waals surface area contributed by atoms with Crippen molar-refractivity contribution in [3.63, 3.8) is 0 Å². The van der Waals surface area contributed by atoms with Crippen LogP contribution in [0.2, 0.25) is 0 Å². The van der Waals surface area contributed by atoms with Crippen molar-refractivity contribution in [1.29, 1.82) is 0 Å². The summed E-state index contributed by atoms with van der Waals surface area (Å²) in [6.45, 7) is 4.93. The van der Waals surface area contributed by atoms with Crippen molar-refractivity contribution in [1.82, 2.24) is 9.80 Å². The maximum Gasteiger partial charge on any atom is 0.242 e. The van der Waals surface area contributed by atoms with Crippen molar-refractivity contribution in [3.05, 3.63) is 64.6 Å². The molecule has 0 spiro atoms. The van der Waals surface area contributed by atoms with Crippen LogP contribution in [0.25, 0.3) is 0 Å². The fourth-order valence-corrected chi connectivity index (χ4v) is 4.77. The van der Waals surface area contributed by atoms with E-state index in [0.29, 0.717) is 18.8 Å². The Morgan fingerprint density at radius 3 is 2.90 bits per heavy atom. The summed E-state index contributed by atoms with van der Waals surface area (Å²) in [4.78, 5) is 30.4. The van der Waals surface area contributed by atoms with Gasteiger partial charge in [-0.1, -0.05) is 12.1 Å². The Bertz CT molecular complexity index is 940. The van der Waals surface area contributed by atoms with Crippen molar-refractivity contribution in [2.45, 2.75) is 25.3 Å². The van der Waals surface area contributed by atoms with Crippen LogP contribution in [0, 0.1) is 11.7 Å². The molecule has 158 valence electrons. The molecular formula is C23H25FN2O3S. The van der Waals surface area contributed by atoms with Crippen LogP contribution in [0.3, 0.4) is 0 Å². The molecule has 1 aliphatic carbocycles. The summed E-state index contributed by atoms with van der Waals surface area (Å²) < 4.78 is 19.4. The molecule has 2 amide bonds. The highest BCUT2D eigenvalue weighted by Crippen LogP contribution is 2.35. The van der Waals surface area contributed by atoms with Gasteiger partial charge in [-0.2, -0.15) is 0 Å². The minimum Gasteiger partial charge on any atom is -0.491 e. The lowest BCUT2D eigenvalue weighted by Crippen LogP contribution is -2.48. The molecule has 2 aliphatic rings. The molecule has 30 heavy (non-hydrogen) atoms.